The van der Waals surface area contributed by atoms with Crippen molar-refractivity contribution < 1.29 is 67.4 Å². The van der Waals surface area contributed by atoms with Crippen molar-refractivity contribution in [3.05, 3.63) is 12.2 Å². The number of nitrogens with two attached hydrogens (primary N) is 1. The lowest BCUT2D eigenvalue weighted by Crippen LogP contribution is -2.64. The maximum atomic E-state index is 15.5. The first-order valence-corrected chi connectivity index (χ1v) is 35.1. The number of hydrogen-bond donors (Lipinski definition) is 6. The van der Waals surface area contributed by atoms with Gasteiger partial charge in [-0.15, -0.1) is 0 Å². The van der Waals surface area contributed by atoms with Crippen LogP contribution < -0.4 is 27.0 Å². The van der Waals surface area contributed by atoms with Crippen LogP contribution in [-0.2, 0) is 62.3 Å². The molecule has 27 heteroatoms. The highest BCUT2D eigenvalue weighted by atomic mass is 32.2. The van der Waals surface area contributed by atoms with Crippen molar-refractivity contribution in [2.45, 2.75) is 253 Å². The van der Waals surface area contributed by atoms with Gasteiger partial charge in [0, 0.05) is 59.8 Å². The molecule has 14 atom stereocenters. The molecule has 0 aromatic heterocycles. The van der Waals surface area contributed by atoms with E-state index in [4.69, 9.17) is 10.5 Å². The van der Waals surface area contributed by atoms with Crippen LogP contribution in [0.4, 0.5) is 0 Å². The summed E-state index contributed by atoms with van der Waals surface area (Å²) in [5, 5.41) is 23.4. The highest BCUT2D eigenvalue weighted by molar-refractivity contribution is 8.00. The van der Waals surface area contributed by atoms with Gasteiger partial charge in [-0.25, -0.2) is 0 Å². The summed E-state index contributed by atoms with van der Waals surface area (Å²) in [6, 6.07) is -15.7. The molecule has 0 saturated carbocycles. The van der Waals surface area contributed by atoms with Crippen molar-refractivity contribution in [1.29, 1.82) is 0 Å². The van der Waals surface area contributed by atoms with Crippen LogP contribution in [0, 0.1) is 41.4 Å². The van der Waals surface area contributed by atoms with Gasteiger partial charge in [-0.2, -0.15) is 11.8 Å². The Morgan fingerprint density at radius 1 is 0.521 bits per heavy atom. The number of carbonyl (C=O) groups is 12. The number of esters is 1. The quantitative estimate of drug-likeness (QED) is 0.0748. The minimum Gasteiger partial charge on any atom is -0.468 e. The molecule has 1 rings (SSSR count). The molecule has 1 aliphatic rings. The van der Waals surface area contributed by atoms with Crippen LogP contribution in [-0.4, -0.2) is 256 Å². The van der Waals surface area contributed by atoms with E-state index >= 15 is 33.6 Å². The van der Waals surface area contributed by atoms with Gasteiger partial charge in [0.2, 0.25) is 65.0 Å². The Balaban J connectivity index is 4.64. The number of nitrogens with zero attached hydrogens (tertiary/aromatic N) is 7. The lowest BCUT2D eigenvalue weighted by atomic mass is 9.91. The van der Waals surface area contributed by atoms with Gasteiger partial charge in [0.15, 0.2) is 0 Å². The number of thioether (sulfide) groups is 1. The normalized spacial score (nSPS) is 26.4. The van der Waals surface area contributed by atoms with Crippen LogP contribution in [0.1, 0.15) is 170 Å². The number of allylic oxidation sites excluding steroid dienone is 2. The minimum absolute atomic E-state index is 0.0574. The average Bonchev–Trinajstić information content (AvgIpc) is 0.805. The first-order valence-electron chi connectivity index (χ1n) is 34.1. The summed E-state index contributed by atoms with van der Waals surface area (Å²) in [7, 11) is 11.0. The van der Waals surface area contributed by atoms with Gasteiger partial charge in [0.1, 0.15) is 72.5 Å². The molecule has 0 unspecified atom stereocenters. The van der Waals surface area contributed by atoms with Crippen LogP contribution in [0.2, 0.25) is 0 Å². The molecule has 0 radical (unpaired) electrons. The summed E-state index contributed by atoms with van der Waals surface area (Å²) in [4.78, 5) is 186. The SMILES string of the molecule is CC=CC[C@@H](C)[C@@H](O)[C@@H]1C(=O)N[C@H](CC)C(=O)N(C)[C@H](CSC(C)(C)[C@@H](N)C(=O)OC)C(=O)N(C)[C@@H](CC(C)C)C(=O)N[C@H](C(C)C)C(=O)N(C)[C@H](CC(C)C)C(=O)N[C@H](C)C(=O)N[C@@H](C)C(=O)N(C)[C@H](CC(C)C)C(=O)N(C)[C@H](CC(C)C)C(=O)N(C)[C@H](C(C)C)C(=O)N1C. The number of carbonyl (C=O) groups excluding carboxylic acids is 12. The van der Waals surface area contributed by atoms with E-state index in [0.717, 1.165) is 21.6 Å². The third-order valence-corrected chi connectivity index (χ3v) is 19.7. The first kappa shape index (κ1) is 87.7. The molecule has 0 bridgehead atoms. The molecular weight excluding hydrogens is 1250 g/mol. The second-order valence-corrected chi connectivity index (χ2v) is 30.9. The van der Waals surface area contributed by atoms with Crippen molar-refractivity contribution in [3.8, 4) is 0 Å². The highest BCUT2D eigenvalue weighted by Crippen LogP contribution is 2.31. The maximum Gasteiger partial charge on any atom is 0.324 e. The summed E-state index contributed by atoms with van der Waals surface area (Å²) in [5.41, 5.74) is 6.42. The number of likely N-dealkylation sites (N-methyl/N-ethyl adjacent to an activating group) is 7. The van der Waals surface area contributed by atoms with E-state index in [2.05, 4.69) is 21.3 Å². The van der Waals surface area contributed by atoms with E-state index in [1.807, 2.05) is 55.4 Å². The fraction of sp³-hybridized carbons (Fsp3) is 0.797. The lowest BCUT2D eigenvalue weighted by molar-refractivity contribution is -0.157. The van der Waals surface area contributed by atoms with Crippen molar-refractivity contribution in [3.63, 3.8) is 0 Å². The second-order valence-electron chi connectivity index (χ2n) is 29.2. The second kappa shape index (κ2) is 39.3. The van der Waals surface area contributed by atoms with Gasteiger partial charge in [0.05, 0.1) is 13.2 Å². The molecule has 1 heterocycles. The van der Waals surface area contributed by atoms with Crippen molar-refractivity contribution in [2.75, 3.05) is 62.2 Å². The molecule has 7 N–H and O–H groups in total. The summed E-state index contributed by atoms with van der Waals surface area (Å²) < 4.78 is 3.84. The van der Waals surface area contributed by atoms with E-state index in [-0.39, 0.29) is 67.9 Å². The van der Waals surface area contributed by atoms with Gasteiger partial charge in [-0.05, 0) is 115 Å². The number of amides is 11. The molecule has 26 nitrogen and oxygen atoms in total. The average molecular weight is 1380 g/mol. The fourth-order valence-electron chi connectivity index (χ4n) is 11.8. The largest absolute Gasteiger partial charge is 0.468 e. The van der Waals surface area contributed by atoms with Crippen LogP contribution in [0.25, 0.3) is 0 Å². The Morgan fingerprint density at radius 2 is 0.917 bits per heavy atom. The zero-order valence-corrected chi connectivity index (χ0v) is 63.8. The molecule has 550 valence electrons. The van der Waals surface area contributed by atoms with Gasteiger partial charge in [-0.1, -0.05) is 109 Å². The molecule has 11 amide bonds. The van der Waals surface area contributed by atoms with E-state index < -0.39 is 172 Å². The topological polar surface area (TPSA) is 331 Å². The standard InChI is InChI=1S/C69H124N12O14S/c1-28-30-31-43(15)55(82)54-60(86)73-46(29-2)62(88)79(24)51(36-96-69(18,19)56(70)68(94)95-27)65(91)75(20)48(33-38(5)6)59(85)74-52(41(11)12)66(92)76(21)47(32-37(3)4)58(84)71-44(16)57(83)72-45(17)61(87)77(22)49(34-39(7)8)63(89)78(23)50(35-40(9)10)64(90)80(25)53(42(13)14)67(93)81(54)26/h28,30,37-56,82H,29,31-36,70H2,1-27H3,(H,71,84)(H,72,83)(H,73,86)(H,74,85)/t43-,44-,45+,46-,47-,48+,49-,50-,51-,52-,53-,54-,55-,56+/m1/s1. The Labute approximate surface area is 578 Å². The number of rotatable bonds is 20. The number of aliphatic hydroxyl groups is 1. The molecule has 0 aliphatic carbocycles. The van der Waals surface area contributed by atoms with Gasteiger partial charge >= 0.3 is 5.97 Å². The molecule has 1 saturated heterocycles. The minimum atomic E-state index is -1.70. The van der Waals surface area contributed by atoms with Crippen LogP contribution in [0.3, 0.4) is 0 Å². The Morgan fingerprint density at radius 3 is 1.35 bits per heavy atom. The van der Waals surface area contributed by atoms with E-state index in [1.54, 1.807) is 74.5 Å². The monoisotopic (exact) mass is 1380 g/mol. The molecule has 1 aliphatic heterocycles. The third kappa shape index (κ3) is 24.0. The van der Waals surface area contributed by atoms with Gasteiger partial charge in [-0.3, -0.25) is 57.5 Å². The zero-order valence-electron chi connectivity index (χ0n) is 63.0. The van der Waals surface area contributed by atoms with E-state index in [0.29, 0.717) is 0 Å². The lowest BCUT2D eigenvalue weighted by Gasteiger charge is -2.41. The molecular formula is C69H124N12O14S. The number of ether oxygens (including phenoxy) is 1. The molecule has 0 aromatic rings. The molecule has 0 spiro atoms. The fourth-order valence-corrected chi connectivity index (χ4v) is 13.0. The third-order valence-electron chi connectivity index (χ3n) is 18.2. The van der Waals surface area contributed by atoms with Crippen molar-refractivity contribution >= 4 is 82.7 Å². The van der Waals surface area contributed by atoms with Crippen LogP contribution in [0.5, 0.6) is 0 Å². The molecule has 0 aromatic carbocycles. The summed E-state index contributed by atoms with van der Waals surface area (Å²) in [5.74, 6) is -11.6. The first-order chi connectivity index (χ1) is 44.2. The molecule has 1 fully saturated rings. The summed E-state index contributed by atoms with van der Waals surface area (Å²) in [6.07, 6.45) is 2.60. The smallest absolute Gasteiger partial charge is 0.324 e. The van der Waals surface area contributed by atoms with E-state index in [9.17, 15) is 29.1 Å². The number of nitrogens with one attached hydrogen (secondary N) is 4. The zero-order chi connectivity index (χ0) is 74.6. The maximum absolute atomic E-state index is 15.5. The summed E-state index contributed by atoms with van der Waals surface area (Å²) >= 11 is 1.08. The Bertz CT molecular complexity index is 2690. The predicted octanol–water partition coefficient (Wildman–Crippen LogP) is 3.65. The predicted molar refractivity (Wildman–Crippen MR) is 374 cm³/mol. The van der Waals surface area contributed by atoms with Crippen LogP contribution >= 0.6 is 11.8 Å². The summed E-state index contributed by atoms with van der Waals surface area (Å²) in [6.45, 7) is 32.9. The number of methoxy groups -OCH3 is 1. The van der Waals surface area contributed by atoms with E-state index in [1.165, 1.54) is 94.8 Å². The van der Waals surface area contributed by atoms with Crippen LogP contribution in [0.15, 0.2) is 12.2 Å². The Hall–Kier alpha value is -6.35. The highest BCUT2D eigenvalue weighted by Gasteiger charge is 2.47. The van der Waals surface area contributed by atoms with Gasteiger partial charge in [0.25, 0.3) is 0 Å². The van der Waals surface area contributed by atoms with Crippen molar-refractivity contribution in [1.82, 2.24) is 55.6 Å². The number of hydrogen-bond acceptors (Lipinski definition) is 16. The number of aliphatic hydroxyl groups excluding tert-OH is 1. The molecule has 96 heavy (non-hydrogen) atoms. The Kier molecular flexibility index (Phi) is 35.9. The van der Waals surface area contributed by atoms with Crippen molar-refractivity contribution in [2.24, 2.45) is 47.2 Å². The van der Waals surface area contributed by atoms with Gasteiger partial charge < -0.3 is 71.1 Å².